The summed E-state index contributed by atoms with van der Waals surface area (Å²) in [5, 5.41) is 18.2. The first-order chi connectivity index (χ1) is 9.06. The number of benzene rings is 1. The normalized spacial score (nSPS) is 10.2. The molecule has 6 nitrogen and oxygen atoms in total. The van der Waals surface area contributed by atoms with Crippen molar-refractivity contribution in [2.75, 3.05) is 0 Å². The van der Waals surface area contributed by atoms with E-state index < -0.39 is 5.97 Å². The summed E-state index contributed by atoms with van der Waals surface area (Å²) in [6, 6.07) is 4.02. The van der Waals surface area contributed by atoms with Crippen LogP contribution in [0.4, 0.5) is 0 Å². The maximum absolute atomic E-state index is 10.8. The van der Waals surface area contributed by atoms with Crippen LogP contribution in [-0.4, -0.2) is 26.2 Å². The summed E-state index contributed by atoms with van der Waals surface area (Å²) in [5.41, 5.74) is 0.540. The number of carboxylic acids is 1. The van der Waals surface area contributed by atoms with Crippen LogP contribution in [0.2, 0.25) is 0 Å². The van der Waals surface area contributed by atoms with E-state index in [-0.39, 0.29) is 17.9 Å². The SMILES string of the molecule is O=C(O)c1cc(OCc2cnc(Br)nc2)ccc1O. The topological polar surface area (TPSA) is 92.5 Å². The van der Waals surface area contributed by atoms with Gasteiger partial charge in [0.05, 0.1) is 0 Å². The van der Waals surface area contributed by atoms with Crippen molar-refractivity contribution in [1.29, 1.82) is 0 Å². The van der Waals surface area contributed by atoms with Gasteiger partial charge in [-0.3, -0.25) is 0 Å². The molecule has 98 valence electrons. The lowest BCUT2D eigenvalue weighted by Gasteiger charge is -2.07. The second-order valence-corrected chi connectivity index (χ2v) is 4.34. The van der Waals surface area contributed by atoms with Gasteiger partial charge >= 0.3 is 5.97 Å². The molecule has 2 rings (SSSR count). The van der Waals surface area contributed by atoms with Crippen molar-refractivity contribution in [3.05, 3.63) is 46.5 Å². The smallest absolute Gasteiger partial charge is 0.339 e. The van der Waals surface area contributed by atoms with E-state index >= 15 is 0 Å². The van der Waals surface area contributed by atoms with Gasteiger partial charge in [-0.2, -0.15) is 0 Å². The number of halogens is 1. The van der Waals surface area contributed by atoms with Crippen molar-refractivity contribution >= 4 is 21.9 Å². The molecule has 0 aliphatic carbocycles. The molecule has 1 aromatic heterocycles. The molecule has 0 saturated carbocycles. The molecule has 0 unspecified atom stereocenters. The Balaban J connectivity index is 2.09. The lowest BCUT2D eigenvalue weighted by atomic mass is 10.2. The summed E-state index contributed by atoms with van der Waals surface area (Å²) in [6.07, 6.45) is 3.19. The molecule has 0 aliphatic rings. The number of aromatic nitrogens is 2. The molecule has 19 heavy (non-hydrogen) atoms. The number of hydrogen-bond acceptors (Lipinski definition) is 5. The molecule has 2 aromatic rings. The zero-order valence-electron chi connectivity index (χ0n) is 9.58. The van der Waals surface area contributed by atoms with Crippen LogP contribution >= 0.6 is 15.9 Å². The average molecular weight is 325 g/mol. The quantitative estimate of drug-likeness (QED) is 0.838. The first kappa shape index (κ1) is 13.3. The Morgan fingerprint density at radius 3 is 2.63 bits per heavy atom. The third-order valence-electron chi connectivity index (χ3n) is 2.28. The minimum absolute atomic E-state index is 0.204. The van der Waals surface area contributed by atoms with Crippen LogP contribution in [0, 0.1) is 0 Å². The predicted octanol–water partition coefficient (Wildman–Crippen LogP) is 2.22. The lowest BCUT2D eigenvalue weighted by molar-refractivity contribution is 0.0693. The predicted molar refractivity (Wildman–Crippen MR) is 69.1 cm³/mol. The molecule has 0 saturated heterocycles. The summed E-state index contributed by atoms with van der Waals surface area (Å²) in [5.74, 6) is -1.17. The number of ether oxygens (including phenoxy) is 1. The Hall–Kier alpha value is -2.15. The molecule has 0 spiro atoms. The van der Waals surface area contributed by atoms with E-state index in [1.807, 2.05) is 0 Å². The van der Waals surface area contributed by atoms with E-state index in [1.54, 1.807) is 12.4 Å². The highest BCUT2D eigenvalue weighted by atomic mass is 79.9. The van der Waals surface area contributed by atoms with Crippen LogP contribution < -0.4 is 4.74 Å². The highest BCUT2D eigenvalue weighted by molar-refractivity contribution is 9.10. The zero-order valence-corrected chi connectivity index (χ0v) is 11.2. The van der Waals surface area contributed by atoms with Gasteiger partial charge in [0, 0.05) is 18.0 Å². The first-order valence-corrected chi connectivity index (χ1v) is 6.01. The summed E-state index contributed by atoms with van der Waals surface area (Å²) in [4.78, 5) is 18.7. The van der Waals surface area contributed by atoms with Gasteiger partial charge in [-0.15, -0.1) is 0 Å². The van der Waals surface area contributed by atoms with Gasteiger partial charge < -0.3 is 14.9 Å². The second-order valence-electron chi connectivity index (χ2n) is 3.63. The summed E-state index contributed by atoms with van der Waals surface area (Å²) < 4.78 is 5.89. The number of aromatic hydroxyl groups is 1. The number of phenols is 1. The number of nitrogens with zero attached hydrogens (tertiary/aromatic N) is 2. The van der Waals surface area contributed by atoms with Crippen molar-refractivity contribution in [3.8, 4) is 11.5 Å². The van der Waals surface area contributed by atoms with E-state index in [4.69, 9.17) is 9.84 Å². The maximum atomic E-state index is 10.8. The van der Waals surface area contributed by atoms with E-state index in [1.165, 1.54) is 18.2 Å². The fourth-order valence-corrected chi connectivity index (χ4v) is 1.56. The highest BCUT2D eigenvalue weighted by Gasteiger charge is 2.10. The van der Waals surface area contributed by atoms with Gasteiger partial charge in [-0.25, -0.2) is 14.8 Å². The number of carboxylic acid groups (broad SMARTS) is 1. The molecule has 1 heterocycles. The van der Waals surface area contributed by atoms with Gasteiger partial charge in [-0.05, 0) is 34.1 Å². The fourth-order valence-electron chi connectivity index (χ4n) is 1.36. The maximum Gasteiger partial charge on any atom is 0.339 e. The summed E-state index contributed by atoms with van der Waals surface area (Å²) in [6.45, 7) is 0.205. The number of aromatic carboxylic acids is 1. The number of carbonyl (C=O) groups is 1. The molecule has 0 bridgehead atoms. The molecular formula is C12H9BrN2O4. The van der Waals surface area contributed by atoms with Crippen molar-refractivity contribution in [2.24, 2.45) is 0 Å². The van der Waals surface area contributed by atoms with Gasteiger partial charge in [0.2, 0.25) is 0 Å². The molecule has 1 aromatic carbocycles. The minimum atomic E-state index is -1.21. The second kappa shape index (κ2) is 5.66. The van der Waals surface area contributed by atoms with Crippen LogP contribution in [-0.2, 0) is 6.61 Å². The fraction of sp³-hybridized carbons (Fsp3) is 0.0833. The molecule has 0 atom stereocenters. The Labute approximate surface area is 116 Å². The minimum Gasteiger partial charge on any atom is -0.507 e. The van der Waals surface area contributed by atoms with Crippen LogP contribution in [0.1, 0.15) is 15.9 Å². The molecule has 0 fully saturated rings. The average Bonchev–Trinajstić information content (AvgIpc) is 2.39. The molecule has 0 aliphatic heterocycles. The van der Waals surface area contributed by atoms with Crippen molar-refractivity contribution in [1.82, 2.24) is 9.97 Å². The van der Waals surface area contributed by atoms with Gasteiger partial charge in [0.1, 0.15) is 23.7 Å². The van der Waals surface area contributed by atoms with Gasteiger partial charge in [-0.1, -0.05) is 0 Å². The van der Waals surface area contributed by atoms with Crippen molar-refractivity contribution in [3.63, 3.8) is 0 Å². The molecule has 0 radical (unpaired) electrons. The van der Waals surface area contributed by atoms with E-state index in [2.05, 4.69) is 25.9 Å². The Bertz CT molecular complexity index is 601. The lowest BCUT2D eigenvalue weighted by Crippen LogP contribution is -2.00. The number of rotatable bonds is 4. The molecular weight excluding hydrogens is 316 g/mol. The van der Waals surface area contributed by atoms with E-state index in [0.29, 0.717) is 10.5 Å². The van der Waals surface area contributed by atoms with Crippen molar-refractivity contribution in [2.45, 2.75) is 6.61 Å². The Morgan fingerprint density at radius 2 is 2.00 bits per heavy atom. The molecule has 2 N–H and O–H groups in total. The van der Waals surface area contributed by atoms with Crippen LogP contribution in [0.5, 0.6) is 11.5 Å². The monoisotopic (exact) mass is 324 g/mol. The van der Waals surface area contributed by atoms with Crippen LogP contribution in [0.3, 0.4) is 0 Å². The number of hydrogen-bond donors (Lipinski definition) is 2. The van der Waals surface area contributed by atoms with Crippen LogP contribution in [0.25, 0.3) is 0 Å². The van der Waals surface area contributed by atoms with E-state index in [0.717, 1.165) is 5.56 Å². The third-order valence-corrected chi connectivity index (χ3v) is 2.69. The summed E-state index contributed by atoms with van der Waals surface area (Å²) >= 11 is 3.12. The van der Waals surface area contributed by atoms with E-state index in [9.17, 15) is 9.90 Å². The summed E-state index contributed by atoms with van der Waals surface area (Å²) in [7, 11) is 0. The van der Waals surface area contributed by atoms with Gasteiger partial charge in [0.25, 0.3) is 0 Å². The first-order valence-electron chi connectivity index (χ1n) is 5.22. The Morgan fingerprint density at radius 1 is 1.32 bits per heavy atom. The third kappa shape index (κ3) is 3.41. The van der Waals surface area contributed by atoms with Crippen molar-refractivity contribution < 1.29 is 19.7 Å². The molecule has 0 amide bonds. The Kier molecular flexibility index (Phi) is 3.96. The van der Waals surface area contributed by atoms with Crippen LogP contribution in [0.15, 0.2) is 35.3 Å². The highest BCUT2D eigenvalue weighted by Crippen LogP contribution is 2.23. The van der Waals surface area contributed by atoms with Gasteiger partial charge in [0.15, 0.2) is 4.73 Å². The standard InChI is InChI=1S/C12H9BrN2O4/c13-12-14-4-7(5-15-12)6-19-8-1-2-10(16)9(3-8)11(17)18/h1-5,16H,6H2,(H,17,18). The zero-order chi connectivity index (χ0) is 13.8. The largest absolute Gasteiger partial charge is 0.507 e. The molecule has 7 heteroatoms.